The predicted molar refractivity (Wildman–Crippen MR) is 58.9 cm³/mol. The number of nitrogens with one attached hydrogen (secondary N) is 1. The van der Waals surface area contributed by atoms with Crippen LogP contribution >= 0.6 is 0 Å². The van der Waals surface area contributed by atoms with Crippen LogP contribution in [0.4, 0.5) is 0 Å². The molecule has 76 valence electrons. The molecule has 0 saturated carbocycles. The number of likely N-dealkylation sites (N-methyl/N-ethyl adjacent to an activating group) is 1. The van der Waals surface area contributed by atoms with Gasteiger partial charge in [0, 0.05) is 6.04 Å². The van der Waals surface area contributed by atoms with Crippen molar-refractivity contribution in [3.8, 4) is 0 Å². The van der Waals surface area contributed by atoms with Gasteiger partial charge in [0.05, 0.1) is 0 Å². The fraction of sp³-hybridized carbons (Fsp3) is 0.833. The molecule has 1 heteroatoms. The van der Waals surface area contributed by atoms with Gasteiger partial charge in [-0.15, -0.1) is 0 Å². The van der Waals surface area contributed by atoms with E-state index < -0.39 is 0 Å². The number of allylic oxidation sites excluding steroid dienone is 1. The van der Waals surface area contributed by atoms with Crippen LogP contribution in [0, 0.1) is 0 Å². The molecule has 0 amide bonds. The summed E-state index contributed by atoms with van der Waals surface area (Å²) in [6.45, 7) is 5.55. The molecule has 13 heavy (non-hydrogen) atoms. The van der Waals surface area contributed by atoms with Crippen molar-refractivity contribution in [1.82, 2.24) is 5.32 Å². The quantitative estimate of drug-likeness (QED) is 0.659. The first-order chi connectivity index (χ1) is 6.34. The van der Waals surface area contributed by atoms with E-state index in [2.05, 4.69) is 25.2 Å². The Labute approximate surface area is 82.6 Å². The van der Waals surface area contributed by atoms with Gasteiger partial charge < -0.3 is 5.32 Å². The zero-order valence-corrected chi connectivity index (χ0v) is 9.10. The predicted octanol–water partition coefficient (Wildman–Crippen LogP) is 3.27. The van der Waals surface area contributed by atoms with Crippen molar-refractivity contribution in [2.24, 2.45) is 0 Å². The van der Waals surface area contributed by atoms with Gasteiger partial charge in [0.1, 0.15) is 0 Å². The fourth-order valence-electron chi connectivity index (χ4n) is 2.05. The first-order valence-electron chi connectivity index (χ1n) is 5.77. The summed E-state index contributed by atoms with van der Waals surface area (Å²) in [5, 5.41) is 3.50. The van der Waals surface area contributed by atoms with Gasteiger partial charge in [-0.3, -0.25) is 0 Å². The molecule has 0 aliphatic heterocycles. The SMILES string of the molecule is CCNC(C)C1=CCCCCCC1. The highest BCUT2D eigenvalue weighted by molar-refractivity contribution is 5.10. The molecular weight excluding hydrogens is 158 g/mol. The maximum Gasteiger partial charge on any atom is 0.0250 e. The molecule has 0 fully saturated rings. The van der Waals surface area contributed by atoms with Crippen LogP contribution in [0.2, 0.25) is 0 Å². The second-order valence-electron chi connectivity index (χ2n) is 4.01. The third-order valence-electron chi connectivity index (χ3n) is 2.89. The van der Waals surface area contributed by atoms with Crippen LogP contribution in [-0.2, 0) is 0 Å². The Bertz CT molecular complexity index is 161. The van der Waals surface area contributed by atoms with E-state index in [1.807, 2.05) is 0 Å². The van der Waals surface area contributed by atoms with Crippen molar-refractivity contribution in [1.29, 1.82) is 0 Å². The topological polar surface area (TPSA) is 12.0 Å². The Morgan fingerprint density at radius 2 is 2.08 bits per heavy atom. The van der Waals surface area contributed by atoms with Crippen LogP contribution in [-0.4, -0.2) is 12.6 Å². The summed E-state index contributed by atoms with van der Waals surface area (Å²) in [6, 6.07) is 0.600. The van der Waals surface area contributed by atoms with Crippen molar-refractivity contribution in [3.63, 3.8) is 0 Å². The van der Waals surface area contributed by atoms with Gasteiger partial charge in [-0.2, -0.15) is 0 Å². The summed E-state index contributed by atoms with van der Waals surface area (Å²) >= 11 is 0. The lowest BCUT2D eigenvalue weighted by Crippen LogP contribution is -2.27. The average molecular weight is 181 g/mol. The number of rotatable bonds is 3. The van der Waals surface area contributed by atoms with Gasteiger partial charge in [-0.25, -0.2) is 0 Å². The molecule has 0 bridgehead atoms. The lowest BCUT2D eigenvalue weighted by atomic mass is 9.96. The van der Waals surface area contributed by atoms with Crippen LogP contribution in [0.1, 0.15) is 52.4 Å². The highest BCUT2D eigenvalue weighted by atomic mass is 14.9. The van der Waals surface area contributed by atoms with E-state index in [1.54, 1.807) is 5.57 Å². The molecule has 0 saturated heterocycles. The molecule has 1 nitrogen and oxygen atoms in total. The molecule has 1 N–H and O–H groups in total. The van der Waals surface area contributed by atoms with E-state index in [4.69, 9.17) is 0 Å². The zero-order chi connectivity index (χ0) is 9.52. The summed E-state index contributed by atoms with van der Waals surface area (Å²) < 4.78 is 0. The van der Waals surface area contributed by atoms with Crippen LogP contribution in [0.5, 0.6) is 0 Å². The summed E-state index contributed by atoms with van der Waals surface area (Å²) in [7, 11) is 0. The van der Waals surface area contributed by atoms with Crippen LogP contribution in [0.3, 0.4) is 0 Å². The second kappa shape index (κ2) is 6.20. The summed E-state index contributed by atoms with van der Waals surface area (Å²) in [6.07, 6.45) is 10.7. The molecule has 0 heterocycles. The summed E-state index contributed by atoms with van der Waals surface area (Å²) in [4.78, 5) is 0. The molecule has 1 unspecified atom stereocenters. The Balaban J connectivity index is 2.43. The molecule has 0 aromatic carbocycles. The van der Waals surface area contributed by atoms with E-state index in [-0.39, 0.29) is 0 Å². The lowest BCUT2D eigenvalue weighted by Gasteiger charge is -2.18. The first-order valence-corrected chi connectivity index (χ1v) is 5.77. The van der Waals surface area contributed by atoms with E-state index >= 15 is 0 Å². The minimum absolute atomic E-state index is 0.600. The van der Waals surface area contributed by atoms with Crippen LogP contribution in [0.25, 0.3) is 0 Å². The smallest absolute Gasteiger partial charge is 0.0250 e. The van der Waals surface area contributed by atoms with Crippen LogP contribution in [0.15, 0.2) is 11.6 Å². The van der Waals surface area contributed by atoms with Crippen LogP contribution < -0.4 is 5.32 Å². The number of hydrogen-bond donors (Lipinski definition) is 1. The monoisotopic (exact) mass is 181 g/mol. The fourth-order valence-corrected chi connectivity index (χ4v) is 2.05. The highest BCUT2D eigenvalue weighted by Gasteiger charge is 2.08. The Morgan fingerprint density at radius 3 is 2.85 bits per heavy atom. The molecule has 0 aromatic rings. The van der Waals surface area contributed by atoms with Crippen molar-refractivity contribution in [2.75, 3.05) is 6.54 Å². The first kappa shape index (κ1) is 10.8. The van der Waals surface area contributed by atoms with Gasteiger partial charge >= 0.3 is 0 Å². The third-order valence-corrected chi connectivity index (χ3v) is 2.89. The van der Waals surface area contributed by atoms with E-state index in [0.29, 0.717) is 6.04 Å². The average Bonchev–Trinajstić information content (AvgIpc) is 2.03. The third kappa shape index (κ3) is 3.95. The van der Waals surface area contributed by atoms with Gasteiger partial charge in [0.25, 0.3) is 0 Å². The molecule has 0 radical (unpaired) electrons. The summed E-state index contributed by atoms with van der Waals surface area (Å²) in [5.41, 5.74) is 1.64. The normalized spacial score (nSPS) is 21.5. The van der Waals surface area contributed by atoms with Gasteiger partial charge in [-0.05, 0) is 39.2 Å². The van der Waals surface area contributed by atoms with Gasteiger partial charge in [0.2, 0.25) is 0 Å². The van der Waals surface area contributed by atoms with E-state index in [9.17, 15) is 0 Å². The Kier molecular flexibility index (Phi) is 5.14. The van der Waals surface area contributed by atoms with Crippen molar-refractivity contribution in [3.05, 3.63) is 11.6 Å². The Morgan fingerprint density at radius 1 is 1.31 bits per heavy atom. The minimum Gasteiger partial charge on any atom is -0.311 e. The molecule has 0 aromatic heterocycles. The molecular formula is C12H23N. The maximum atomic E-state index is 3.50. The molecule has 1 aliphatic rings. The lowest BCUT2D eigenvalue weighted by molar-refractivity contribution is 0.562. The van der Waals surface area contributed by atoms with E-state index in [1.165, 1.54) is 38.5 Å². The van der Waals surface area contributed by atoms with Crippen molar-refractivity contribution in [2.45, 2.75) is 58.4 Å². The second-order valence-corrected chi connectivity index (χ2v) is 4.01. The number of hydrogen-bond acceptors (Lipinski definition) is 1. The maximum absolute atomic E-state index is 3.50. The zero-order valence-electron chi connectivity index (χ0n) is 9.10. The largest absolute Gasteiger partial charge is 0.311 e. The molecule has 1 aliphatic carbocycles. The summed E-state index contributed by atoms with van der Waals surface area (Å²) in [5.74, 6) is 0. The molecule has 1 rings (SSSR count). The molecule has 1 atom stereocenters. The van der Waals surface area contributed by atoms with E-state index in [0.717, 1.165) is 6.54 Å². The highest BCUT2D eigenvalue weighted by Crippen LogP contribution is 2.19. The minimum atomic E-state index is 0.600. The van der Waals surface area contributed by atoms with Crippen molar-refractivity contribution >= 4 is 0 Å². The van der Waals surface area contributed by atoms with Gasteiger partial charge in [-0.1, -0.05) is 31.4 Å². The van der Waals surface area contributed by atoms with Crippen molar-refractivity contribution < 1.29 is 0 Å². The molecule has 0 spiro atoms. The Hall–Kier alpha value is -0.300. The van der Waals surface area contributed by atoms with Gasteiger partial charge in [0.15, 0.2) is 0 Å². The standard InChI is InChI=1S/C12H23N/c1-3-13-11(2)12-9-7-5-4-6-8-10-12/h9,11,13H,3-8,10H2,1-2H3.